The molecule has 0 amide bonds. The molecule has 0 unspecified atom stereocenters. The van der Waals surface area contributed by atoms with E-state index in [2.05, 4.69) is 0 Å². The molecule has 4 heteroatoms. The smallest absolute Gasteiger partial charge is 0.307 e. The Labute approximate surface area is 119 Å². The molecular formula is C16H22O4. The Kier molecular flexibility index (Phi) is 6.77. The number of ether oxygens (including phenoxy) is 1. The molecule has 0 spiro atoms. The van der Waals surface area contributed by atoms with Gasteiger partial charge in [-0.1, -0.05) is 50.6 Å². The molecule has 0 aromatic heterocycles. The second kappa shape index (κ2) is 8.35. The highest BCUT2D eigenvalue weighted by Crippen LogP contribution is 2.17. The number of hydrogen-bond acceptors (Lipinski definition) is 3. The molecule has 1 N–H and O–H groups in total. The minimum Gasteiger partial charge on any atom is -0.481 e. The van der Waals surface area contributed by atoms with Crippen molar-refractivity contribution in [2.45, 2.75) is 39.7 Å². The third-order valence-corrected chi connectivity index (χ3v) is 3.10. The van der Waals surface area contributed by atoms with E-state index in [4.69, 9.17) is 9.84 Å². The van der Waals surface area contributed by atoms with Gasteiger partial charge in [-0.15, -0.1) is 0 Å². The lowest BCUT2D eigenvalue weighted by molar-refractivity contribution is -0.152. The summed E-state index contributed by atoms with van der Waals surface area (Å²) in [6.07, 6.45) is 1.24. The zero-order valence-corrected chi connectivity index (χ0v) is 12.0. The topological polar surface area (TPSA) is 63.6 Å². The number of aliphatic carboxylic acids is 1. The van der Waals surface area contributed by atoms with Gasteiger partial charge < -0.3 is 9.84 Å². The summed E-state index contributed by atoms with van der Waals surface area (Å²) < 4.78 is 5.11. The van der Waals surface area contributed by atoms with E-state index in [9.17, 15) is 9.59 Å². The van der Waals surface area contributed by atoms with E-state index in [-0.39, 0.29) is 13.0 Å². The molecule has 1 atom stereocenters. The highest BCUT2D eigenvalue weighted by atomic mass is 16.5. The molecule has 0 fully saturated rings. The highest BCUT2D eigenvalue weighted by Gasteiger charge is 2.22. The van der Waals surface area contributed by atoms with E-state index in [0.29, 0.717) is 12.3 Å². The SMILES string of the molecule is CC(C)CC[C@H](CC(=O)OCc1ccccc1)C(=O)O. The van der Waals surface area contributed by atoms with Gasteiger partial charge >= 0.3 is 11.9 Å². The maximum Gasteiger partial charge on any atom is 0.307 e. The minimum absolute atomic E-state index is 0.0606. The summed E-state index contributed by atoms with van der Waals surface area (Å²) in [6, 6.07) is 9.34. The van der Waals surface area contributed by atoms with Crippen molar-refractivity contribution in [1.82, 2.24) is 0 Å². The van der Waals surface area contributed by atoms with Gasteiger partial charge in [0.2, 0.25) is 0 Å². The minimum atomic E-state index is -0.928. The number of carboxylic acid groups (broad SMARTS) is 1. The van der Waals surface area contributed by atoms with Crippen LogP contribution in [-0.4, -0.2) is 17.0 Å². The lowest BCUT2D eigenvalue weighted by atomic mass is 9.95. The third-order valence-electron chi connectivity index (χ3n) is 3.10. The molecule has 0 aliphatic heterocycles. The monoisotopic (exact) mass is 278 g/mol. The van der Waals surface area contributed by atoms with Crippen LogP contribution in [0.1, 0.15) is 38.7 Å². The zero-order valence-electron chi connectivity index (χ0n) is 12.0. The number of hydrogen-bond donors (Lipinski definition) is 1. The first kappa shape index (κ1) is 16.2. The Hall–Kier alpha value is -1.84. The molecule has 1 aromatic rings. The number of benzene rings is 1. The van der Waals surface area contributed by atoms with Crippen LogP contribution in [0.4, 0.5) is 0 Å². The van der Waals surface area contributed by atoms with Crippen molar-refractivity contribution in [1.29, 1.82) is 0 Å². The summed E-state index contributed by atoms with van der Waals surface area (Å²) in [6.45, 7) is 4.26. The van der Waals surface area contributed by atoms with Crippen LogP contribution in [0.2, 0.25) is 0 Å². The summed E-state index contributed by atoms with van der Waals surface area (Å²) in [5.41, 5.74) is 0.898. The Morgan fingerprint density at radius 1 is 1.15 bits per heavy atom. The van der Waals surface area contributed by atoms with E-state index >= 15 is 0 Å². The van der Waals surface area contributed by atoms with E-state index in [1.54, 1.807) is 0 Å². The zero-order chi connectivity index (χ0) is 15.0. The molecule has 110 valence electrons. The van der Waals surface area contributed by atoms with Crippen molar-refractivity contribution in [2.24, 2.45) is 11.8 Å². The van der Waals surface area contributed by atoms with Gasteiger partial charge in [-0.05, 0) is 17.9 Å². The molecule has 0 bridgehead atoms. The maximum absolute atomic E-state index is 11.7. The van der Waals surface area contributed by atoms with Gasteiger partial charge in [0.15, 0.2) is 0 Å². The number of rotatable bonds is 8. The van der Waals surface area contributed by atoms with Crippen LogP contribution >= 0.6 is 0 Å². The summed E-state index contributed by atoms with van der Waals surface area (Å²) in [5, 5.41) is 9.11. The predicted octanol–water partition coefficient (Wildman–Crippen LogP) is 3.26. The molecule has 20 heavy (non-hydrogen) atoms. The van der Waals surface area contributed by atoms with Crippen LogP contribution in [0.5, 0.6) is 0 Å². The average molecular weight is 278 g/mol. The highest BCUT2D eigenvalue weighted by molar-refractivity contribution is 5.78. The van der Waals surface area contributed by atoms with Crippen LogP contribution in [0, 0.1) is 11.8 Å². The van der Waals surface area contributed by atoms with Crippen LogP contribution < -0.4 is 0 Å². The second-order valence-electron chi connectivity index (χ2n) is 5.36. The van der Waals surface area contributed by atoms with Gasteiger partial charge in [-0.2, -0.15) is 0 Å². The number of carbonyl (C=O) groups is 2. The molecule has 1 aromatic carbocycles. The van der Waals surface area contributed by atoms with Crippen LogP contribution in [-0.2, 0) is 20.9 Å². The first-order valence-corrected chi connectivity index (χ1v) is 6.91. The van der Waals surface area contributed by atoms with Gasteiger partial charge in [0.05, 0.1) is 12.3 Å². The summed E-state index contributed by atoms with van der Waals surface area (Å²) in [5.74, 6) is -1.61. The largest absolute Gasteiger partial charge is 0.481 e. The fourth-order valence-corrected chi connectivity index (χ4v) is 1.85. The first-order chi connectivity index (χ1) is 9.49. The Morgan fingerprint density at radius 2 is 1.80 bits per heavy atom. The van der Waals surface area contributed by atoms with Crippen molar-refractivity contribution in [2.75, 3.05) is 0 Å². The molecule has 0 saturated heterocycles. The fourth-order valence-electron chi connectivity index (χ4n) is 1.85. The van der Waals surface area contributed by atoms with E-state index in [1.807, 2.05) is 44.2 Å². The quantitative estimate of drug-likeness (QED) is 0.741. The molecule has 0 heterocycles. The van der Waals surface area contributed by atoms with E-state index in [1.165, 1.54) is 0 Å². The first-order valence-electron chi connectivity index (χ1n) is 6.91. The lowest BCUT2D eigenvalue weighted by Crippen LogP contribution is -2.20. The standard InChI is InChI=1S/C16H22O4/c1-12(2)8-9-14(16(18)19)10-15(17)20-11-13-6-4-3-5-7-13/h3-7,12,14H,8-11H2,1-2H3,(H,18,19)/t14-/m1/s1. The molecule has 0 aliphatic rings. The average Bonchev–Trinajstić information content (AvgIpc) is 2.41. The van der Waals surface area contributed by atoms with Crippen molar-refractivity contribution in [3.05, 3.63) is 35.9 Å². The Morgan fingerprint density at radius 3 is 2.35 bits per heavy atom. The molecule has 0 aliphatic carbocycles. The second-order valence-corrected chi connectivity index (χ2v) is 5.36. The summed E-state index contributed by atoms with van der Waals surface area (Å²) in [7, 11) is 0. The van der Waals surface area contributed by atoms with Crippen molar-refractivity contribution >= 4 is 11.9 Å². The molecule has 1 rings (SSSR count). The van der Waals surface area contributed by atoms with E-state index in [0.717, 1.165) is 12.0 Å². The maximum atomic E-state index is 11.7. The molecule has 4 nitrogen and oxygen atoms in total. The summed E-state index contributed by atoms with van der Waals surface area (Å²) >= 11 is 0. The van der Waals surface area contributed by atoms with Crippen molar-refractivity contribution in [3.8, 4) is 0 Å². The van der Waals surface area contributed by atoms with Crippen molar-refractivity contribution in [3.63, 3.8) is 0 Å². The normalized spacial score (nSPS) is 12.2. The Balaban J connectivity index is 2.40. The molecule has 0 saturated carbocycles. The van der Waals surface area contributed by atoms with Crippen molar-refractivity contribution < 1.29 is 19.4 Å². The van der Waals surface area contributed by atoms with Gasteiger partial charge in [-0.3, -0.25) is 9.59 Å². The summed E-state index contributed by atoms with van der Waals surface area (Å²) in [4.78, 5) is 22.8. The molecule has 0 radical (unpaired) electrons. The fraction of sp³-hybridized carbons (Fsp3) is 0.500. The number of carbonyl (C=O) groups excluding carboxylic acids is 1. The van der Waals surface area contributed by atoms with Crippen LogP contribution in [0.3, 0.4) is 0 Å². The molecular weight excluding hydrogens is 256 g/mol. The lowest BCUT2D eigenvalue weighted by Gasteiger charge is -2.13. The van der Waals surface area contributed by atoms with Crippen LogP contribution in [0.15, 0.2) is 30.3 Å². The Bertz CT molecular complexity index is 425. The number of carboxylic acids is 1. The van der Waals surface area contributed by atoms with E-state index < -0.39 is 17.9 Å². The van der Waals surface area contributed by atoms with Gasteiger partial charge in [0.25, 0.3) is 0 Å². The van der Waals surface area contributed by atoms with Crippen LogP contribution in [0.25, 0.3) is 0 Å². The number of esters is 1. The van der Waals surface area contributed by atoms with Gasteiger partial charge in [0.1, 0.15) is 6.61 Å². The van der Waals surface area contributed by atoms with Gasteiger partial charge in [-0.25, -0.2) is 0 Å². The third kappa shape index (κ3) is 6.36. The predicted molar refractivity (Wildman–Crippen MR) is 76.1 cm³/mol. The van der Waals surface area contributed by atoms with Gasteiger partial charge in [0, 0.05) is 0 Å².